The van der Waals surface area contributed by atoms with E-state index >= 15 is 0 Å². The summed E-state index contributed by atoms with van der Waals surface area (Å²) in [6.45, 7) is 1.52. The van der Waals surface area contributed by atoms with Gasteiger partial charge < -0.3 is 9.47 Å². The van der Waals surface area contributed by atoms with Crippen LogP contribution in [0.3, 0.4) is 0 Å². The van der Waals surface area contributed by atoms with Gasteiger partial charge >= 0.3 is 5.97 Å². The topological polar surface area (TPSA) is 125 Å². The molecule has 0 aliphatic heterocycles. The minimum Gasteiger partial charge on any atom is -0.482 e. The number of sulfonamides is 1. The number of benzene rings is 2. The lowest BCUT2D eigenvalue weighted by atomic mass is 10.1. The maximum absolute atomic E-state index is 12.4. The van der Waals surface area contributed by atoms with Crippen LogP contribution in [0.1, 0.15) is 12.5 Å². The van der Waals surface area contributed by atoms with Crippen LogP contribution in [0.4, 0.5) is 5.69 Å². The molecule has 0 aliphatic rings. The molecule has 0 fully saturated rings. The summed E-state index contributed by atoms with van der Waals surface area (Å²) < 4.78 is 37.1. The Hall–Kier alpha value is -2.98. The van der Waals surface area contributed by atoms with Crippen molar-refractivity contribution in [1.82, 2.24) is 4.72 Å². The van der Waals surface area contributed by atoms with E-state index in [9.17, 15) is 23.3 Å². The number of esters is 1. The fourth-order valence-electron chi connectivity index (χ4n) is 2.40. The quantitative estimate of drug-likeness (QED) is 0.382. The number of nitro benzene ring substituents is 1. The van der Waals surface area contributed by atoms with E-state index in [2.05, 4.69) is 9.46 Å². The number of carbonyl (C=O) groups excluding carboxylic acids is 1. The molecule has 0 spiro atoms. The summed E-state index contributed by atoms with van der Waals surface area (Å²) in [5.41, 5.74) is 0.686. The molecule has 10 heteroatoms. The summed E-state index contributed by atoms with van der Waals surface area (Å²) in [6, 6.07) is 11.2. The van der Waals surface area contributed by atoms with Crippen LogP contribution >= 0.6 is 0 Å². The zero-order chi connectivity index (χ0) is 20.7. The molecule has 9 nitrogen and oxygen atoms in total. The molecular weight excluding hydrogens is 388 g/mol. The molecule has 0 bridgehead atoms. The lowest BCUT2D eigenvalue weighted by Crippen LogP contribution is -2.34. The Morgan fingerprint density at radius 1 is 1.14 bits per heavy atom. The first kappa shape index (κ1) is 21.3. The largest absolute Gasteiger partial charge is 0.482 e. The number of rotatable bonds is 9. The molecule has 0 aromatic heterocycles. The molecule has 0 aliphatic carbocycles. The highest BCUT2D eigenvalue weighted by Crippen LogP contribution is 2.17. The number of methoxy groups -OCH3 is 1. The van der Waals surface area contributed by atoms with Crippen molar-refractivity contribution < 1.29 is 27.6 Å². The lowest BCUT2D eigenvalue weighted by Gasteiger charge is -2.15. The Kier molecular flexibility index (Phi) is 7.07. The number of ether oxygens (including phenoxy) is 2. The molecule has 2 aromatic carbocycles. The standard InChI is InChI=1S/C18H20N2O7S/c1-13(11-14-3-7-16(8-4-14)27-12-18(21)26-2)19-28(24,25)17-9-5-15(6-10-17)20(22)23/h3-10,13,19H,11-12H2,1-2H3. The van der Waals surface area contributed by atoms with Crippen LogP contribution in [0.2, 0.25) is 0 Å². The van der Waals surface area contributed by atoms with Crippen molar-refractivity contribution >= 4 is 21.7 Å². The summed E-state index contributed by atoms with van der Waals surface area (Å²) in [5, 5.41) is 10.7. The second-order valence-electron chi connectivity index (χ2n) is 5.99. The van der Waals surface area contributed by atoms with Gasteiger partial charge in [0.15, 0.2) is 6.61 Å². The number of non-ortho nitro benzene ring substituents is 1. The highest BCUT2D eigenvalue weighted by Gasteiger charge is 2.19. The first-order valence-electron chi connectivity index (χ1n) is 8.26. The van der Waals surface area contributed by atoms with Gasteiger partial charge in [0.1, 0.15) is 5.75 Å². The van der Waals surface area contributed by atoms with E-state index in [1.807, 2.05) is 0 Å². The van der Waals surface area contributed by atoms with Gasteiger partial charge in [0, 0.05) is 18.2 Å². The predicted octanol–water partition coefficient (Wildman–Crippen LogP) is 2.06. The monoisotopic (exact) mass is 408 g/mol. The van der Waals surface area contributed by atoms with Crippen molar-refractivity contribution in [3.63, 3.8) is 0 Å². The molecule has 0 saturated carbocycles. The zero-order valence-electron chi connectivity index (χ0n) is 15.3. The SMILES string of the molecule is COC(=O)COc1ccc(CC(C)NS(=O)(=O)c2ccc([N+](=O)[O-])cc2)cc1. The molecule has 28 heavy (non-hydrogen) atoms. The highest BCUT2D eigenvalue weighted by atomic mass is 32.2. The second kappa shape index (κ2) is 9.29. The number of hydrogen-bond donors (Lipinski definition) is 1. The van der Waals surface area contributed by atoms with Crippen molar-refractivity contribution in [1.29, 1.82) is 0 Å². The third-order valence-electron chi connectivity index (χ3n) is 3.76. The Bertz CT molecular complexity index is 925. The third kappa shape index (κ3) is 6.03. The zero-order valence-corrected chi connectivity index (χ0v) is 16.1. The fourth-order valence-corrected chi connectivity index (χ4v) is 3.64. The van der Waals surface area contributed by atoms with Crippen LogP contribution in [0, 0.1) is 10.1 Å². The van der Waals surface area contributed by atoms with Crippen LogP contribution in [0.25, 0.3) is 0 Å². The van der Waals surface area contributed by atoms with Gasteiger partial charge in [-0.05, 0) is 43.2 Å². The summed E-state index contributed by atoms with van der Waals surface area (Å²) >= 11 is 0. The van der Waals surface area contributed by atoms with Gasteiger partial charge in [0.05, 0.1) is 16.9 Å². The molecule has 2 aromatic rings. The van der Waals surface area contributed by atoms with Crippen molar-refractivity contribution in [3.8, 4) is 5.75 Å². The number of nitro groups is 1. The number of nitrogens with zero attached hydrogens (tertiary/aromatic N) is 1. The minimum atomic E-state index is -3.80. The first-order valence-corrected chi connectivity index (χ1v) is 9.75. The number of carbonyl (C=O) groups is 1. The maximum Gasteiger partial charge on any atom is 0.343 e. The van der Waals surface area contributed by atoms with E-state index < -0.39 is 27.0 Å². The Labute approximate surface area is 162 Å². The molecule has 0 radical (unpaired) electrons. The summed E-state index contributed by atoms with van der Waals surface area (Å²) in [4.78, 5) is 21.1. The first-order chi connectivity index (χ1) is 13.2. The normalized spacial score (nSPS) is 12.2. The minimum absolute atomic E-state index is 0.0449. The predicted molar refractivity (Wildman–Crippen MR) is 101 cm³/mol. The van der Waals surface area contributed by atoms with Crippen molar-refractivity contribution in [2.24, 2.45) is 0 Å². The van der Waals surface area contributed by atoms with Crippen LogP contribution in [0.5, 0.6) is 5.75 Å². The van der Waals surface area contributed by atoms with E-state index in [1.54, 1.807) is 31.2 Å². The fraction of sp³-hybridized carbons (Fsp3) is 0.278. The number of nitrogens with one attached hydrogen (secondary N) is 1. The molecule has 0 amide bonds. The summed E-state index contributed by atoms with van der Waals surface area (Å²) in [6.07, 6.45) is 0.420. The van der Waals surface area contributed by atoms with E-state index in [-0.39, 0.29) is 17.2 Å². The lowest BCUT2D eigenvalue weighted by molar-refractivity contribution is -0.384. The molecule has 1 N–H and O–H groups in total. The highest BCUT2D eigenvalue weighted by molar-refractivity contribution is 7.89. The molecule has 1 atom stereocenters. The van der Waals surface area contributed by atoms with Crippen LogP contribution in [0.15, 0.2) is 53.4 Å². The van der Waals surface area contributed by atoms with E-state index in [0.29, 0.717) is 12.2 Å². The molecule has 1 unspecified atom stereocenters. The van der Waals surface area contributed by atoms with Gasteiger partial charge in [0.25, 0.3) is 5.69 Å². The molecule has 0 saturated heterocycles. The Balaban J connectivity index is 1.95. The van der Waals surface area contributed by atoms with Crippen molar-refractivity contribution in [2.75, 3.05) is 13.7 Å². The molecule has 0 heterocycles. The van der Waals surface area contributed by atoms with Gasteiger partial charge in [0.2, 0.25) is 10.0 Å². The van der Waals surface area contributed by atoms with Gasteiger partial charge in [-0.3, -0.25) is 10.1 Å². The maximum atomic E-state index is 12.4. The Morgan fingerprint density at radius 3 is 2.29 bits per heavy atom. The summed E-state index contributed by atoms with van der Waals surface area (Å²) in [5.74, 6) is 0.00612. The van der Waals surface area contributed by atoms with Crippen LogP contribution in [-0.4, -0.2) is 39.1 Å². The smallest absolute Gasteiger partial charge is 0.343 e. The van der Waals surface area contributed by atoms with Gasteiger partial charge in [-0.2, -0.15) is 0 Å². The molecule has 2 rings (SSSR count). The average molecular weight is 408 g/mol. The molecular formula is C18H20N2O7S. The van der Waals surface area contributed by atoms with E-state index in [0.717, 1.165) is 17.7 Å². The second-order valence-corrected chi connectivity index (χ2v) is 7.70. The van der Waals surface area contributed by atoms with Gasteiger partial charge in [-0.25, -0.2) is 17.9 Å². The Morgan fingerprint density at radius 2 is 1.75 bits per heavy atom. The van der Waals surface area contributed by atoms with Crippen LogP contribution < -0.4 is 9.46 Å². The van der Waals surface area contributed by atoms with Crippen molar-refractivity contribution in [2.45, 2.75) is 24.3 Å². The van der Waals surface area contributed by atoms with Crippen LogP contribution in [-0.2, 0) is 26.0 Å². The number of hydrogen-bond acceptors (Lipinski definition) is 7. The van der Waals surface area contributed by atoms with E-state index in [1.165, 1.54) is 19.2 Å². The van der Waals surface area contributed by atoms with Gasteiger partial charge in [-0.1, -0.05) is 12.1 Å². The third-order valence-corrected chi connectivity index (χ3v) is 5.37. The summed E-state index contributed by atoms with van der Waals surface area (Å²) in [7, 11) is -2.53. The van der Waals surface area contributed by atoms with Crippen molar-refractivity contribution in [3.05, 3.63) is 64.2 Å². The molecule has 150 valence electrons. The average Bonchev–Trinajstić information content (AvgIpc) is 2.66. The van der Waals surface area contributed by atoms with Gasteiger partial charge in [-0.15, -0.1) is 0 Å². The van der Waals surface area contributed by atoms with E-state index in [4.69, 9.17) is 4.74 Å².